The molecule has 1 aliphatic heterocycles. The Bertz CT molecular complexity index is 1380. The number of imide groups is 2. The number of carbonyl (C=O) groups is 3. The molecule has 0 aliphatic carbocycles. The van der Waals surface area contributed by atoms with Crippen LogP contribution in [-0.4, -0.2) is 17.8 Å². The van der Waals surface area contributed by atoms with Crippen molar-refractivity contribution in [3.05, 3.63) is 97.5 Å². The van der Waals surface area contributed by atoms with E-state index in [2.05, 4.69) is 5.32 Å². The lowest BCUT2D eigenvalue weighted by molar-refractivity contribution is -0.122. The molecule has 4 amide bonds. The fourth-order valence-electron chi connectivity index (χ4n) is 3.53. The van der Waals surface area contributed by atoms with Crippen LogP contribution < -0.4 is 15.0 Å². The number of aryl methyl sites for hydroxylation is 2. The first kappa shape index (κ1) is 24.8. The smallest absolute Gasteiger partial charge is 0.335 e. The van der Waals surface area contributed by atoms with Gasteiger partial charge in [-0.25, -0.2) is 9.69 Å². The molecule has 3 aromatic rings. The second-order valence-corrected chi connectivity index (χ2v) is 9.25. The first-order valence-corrected chi connectivity index (χ1v) is 11.6. The number of benzene rings is 3. The van der Waals surface area contributed by atoms with Crippen molar-refractivity contribution in [2.45, 2.75) is 20.5 Å². The summed E-state index contributed by atoms with van der Waals surface area (Å²) in [5, 5.41) is 3.02. The maximum atomic E-state index is 13.3. The van der Waals surface area contributed by atoms with E-state index in [1.165, 1.54) is 24.3 Å². The van der Waals surface area contributed by atoms with E-state index in [-0.39, 0.29) is 33.7 Å². The minimum absolute atomic E-state index is 0.199. The Morgan fingerprint density at radius 2 is 1.63 bits per heavy atom. The van der Waals surface area contributed by atoms with E-state index in [1.807, 2.05) is 31.2 Å². The molecule has 3 aromatic carbocycles. The predicted molar refractivity (Wildman–Crippen MR) is 137 cm³/mol. The molecule has 0 aromatic heterocycles. The van der Waals surface area contributed by atoms with Gasteiger partial charge in [0.1, 0.15) is 17.9 Å². The molecule has 4 rings (SSSR count). The Hall–Kier alpha value is -3.32. The van der Waals surface area contributed by atoms with Crippen molar-refractivity contribution >= 4 is 64.4 Å². The van der Waals surface area contributed by atoms with E-state index in [0.29, 0.717) is 16.1 Å². The number of anilines is 1. The van der Waals surface area contributed by atoms with Crippen molar-refractivity contribution in [1.82, 2.24) is 5.32 Å². The summed E-state index contributed by atoms with van der Waals surface area (Å²) in [6.07, 6.45) is 1.30. The van der Waals surface area contributed by atoms with Crippen molar-refractivity contribution in [3.8, 4) is 5.75 Å². The molecule has 0 radical (unpaired) electrons. The van der Waals surface area contributed by atoms with Gasteiger partial charge in [-0.05, 0) is 55.3 Å². The summed E-state index contributed by atoms with van der Waals surface area (Å²) >= 11 is 18.7. The number of nitrogens with zero attached hydrogens (tertiary/aromatic N) is 1. The maximum absolute atomic E-state index is 13.3. The number of rotatable bonds is 5. The summed E-state index contributed by atoms with van der Waals surface area (Å²) in [7, 11) is 0. The van der Waals surface area contributed by atoms with Crippen LogP contribution >= 0.6 is 34.8 Å². The number of urea groups is 1. The van der Waals surface area contributed by atoms with Crippen LogP contribution in [0, 0.1) is 13.8 Å². The molecule has 1 heterocycles. The van der Waals surface area contributed by atoms with Gasteiger partial charge in [-0.3, -0.25) is 14.9 Å². The average molecular weight is 530 g/mol. The number of amides is 4. The van der Waals surface area contributed by atoms with Gasteiger partial charge in [0.05, 0.1) is 10.7 Å². The number of nitrogens with one attached hydrogen (secondary N) is 1. The Morgan fingerprint density at radius 3 is 2.34 bits per heavy atom. The molecule has 0 atom stereocenters. The van der Waals surface area contributed by atoms with Crippen LogP contribution in [0.5, 0.6) is 5.75 Å². The summed E-state index contributed by atoms with van der Waals surface area (Å²) in [5.41, 5.74) is 2.92. The van der Waals surface area contributed by atoms with E-state index in [1.54, 1.807) is 19.1 Å². The summed E-state index contributed by atoms with van der Waals surface area (Å²) in [4.78, 5) is 39.4. The quantitative estimate of drug-likeness (QED) is 0.302. The molecule has 1 saturated heterocycles. The molecule has 0 saturated carbocycles. The van der Waals surface area contributed by atoms with Crippen molar-refractivity contribution in [2.75, 3.05) is 4.90 Å². The molecule has 0 spiro atoms. The van der Waals surface area contributed by atoms with Crippen LogP contribution in [0.1, 0.15) is 22.3 Å². The van der Waals surface area contributed by atoms with E-state index in [0.717, 1.165) is 16.0 Å². The Kier molecular flexibility index (Phi) is 7.17. The molecule has 1 aliphatic rings. The summed E-state index contributed by atoms with van der Waals surface area (Å²) < 4.78 is 5.95. The van der Waals surface area contributed by atoms with Gasteiger partial charge >= 0.3 is 6.03 Å². The zero-order chi connectivity index (χ0) is 25.3. The number of halogens is 3. The Morgan fingerprint density at radius 1 is 0.914 bits per heavy atom. The number of ether oxygens (including phenoxy) is 1. The van der Waals surface area contributed by atoms with Gasteiger partial charge < -0.3 is 4.74 Å². The standard InChI is InChI=1S/C26H19Cl3N2O4/c1-14-3-6-16(7-4-14)13-35-23-17(9-19(28)11-21(23)29)10-20-24(32)30-26(34)31(25(20)33)22-12-18(27)8-5-15(22)2/h3-12H,13H2,1-2H3,(H,30,32,34)/b20-10+. The number of carbonyl (C=O) groups excluding carboxylic acids is 3. The van der Waals surface area contributed by atoms with Crippen LogP contribution in [0.15, 0.2) is 60.2 Å². The Balaban J connectivity index is 1.73. The average Bonchev–Trinajstić information content (AvgIpc) is 2.79. The molecular formula is C26H19Cl3N2O4. The second-order valence-electron chi connectivity index (χ2n) is 7.97. The highest BCUT2D eigenvalue weighted by atomic mass is 35.5. The van der Waals surface area contributed by atoms with Gasteiger partial charge in [0.2, 0.25) is 0 Å². The number of hydrogen-bond acceptors (Lipinski definition) is 4. The molecule has 1 fully saturated rings. The molecule has 0 unspecified atom stereocenters. The molecule has 178 valence electrons. The third-order valence-corrected chi connectivity index (χ3v) is 6.09. The van der Waals surface area contributed by atoms with Crippen molar-refractivity contribution in [3.63, 3.8) is 0 Å². The normalized spacial score (nSPS) is 14.9. The van der Waals surface area contributed by atoms with Gasteiger partial charge in [-0.15, -0.1) is 0 Å². The van der Waals surface area contributed by atoms with Crippen LogP contribution in [-0.2, 0) is 16.2 Å². The zero-order valence-corrected chi connectivity index (χ0v) is 21.0. The number of barbiturate groups is 1. The predicted octanol–water partition coefficient (Wildman–Crippen LogP) is 6.51. The maximum Gasteiger partial charge on any atom is 0.335 e. The summed E-state index contributed by atoms with van der Waals surface area (Å²) in [5.74, 6) is -1.42. The SMILES string of the molecule is Cc1ccc(COc2c(Cl)cc(Cl)cc2/C=C2\C(=O)NC(=O)N(c3cc(Cl)ccc3C)C2=O)cc1. The van der Waals surface area contributed by atoms with Crippen molar-refractivity contribution < 1.29 is 19.1 Å². The highest BCUT2D eigenvalue weighted by molar-refractivity contribution is 6.40. The third-order valence-electron chi connectivity index (χ3n) is 5.35. The molecule has 0 bridgehead atoms. The first-order chi connectivity index (χ1) is 16.6. The van der Waals surface area contributed by atoms with Gasteiger partial charge in [-0.1, -0.05) is 70.7 Å². The Labute approximate surface area is 217 Å². The lowest BCUT2D eigenvalue weighted by Crippen LogP contribution is -2.54. The van der Waals surface area contributed by atoms with Crippen LogP contribution in [0.2, 0.25) is 15.1 Å². The highest BCUT2D eigenvalue weighted by Gasteiger charge is 2.37. The van der Waals surface area contributed by atoms with Crippen molar-refractivity contribution in [1.29, 1.82) is 0 Å². The van der Waals surface area contributed by atoms with Crippen molar-refractivity contribution in [2.24, 2.45) is 0 Å². The minimum atomic E-state index is -0.873. The van der Waals surface area contributed by atoms with E-state index in [4.69, 9.17) is 39.5 Å². The zero-order valence-electron chi connectivity index (χ0n) is 18.7. The lowest BCUT2D eigenvalue weighted by Gasteiger charge is -2.27. The first-order valence-electron chi connectivity index (χ1n) is 10.5. The summed E-state index contributed by atoms with van der Waals surface area (Å²) in [6, 6.07) is 14.7. The fourth-order valence-corrected chi connectivity index (χ4v) is 4.26. The monoisotopic (exact) mass is 528 g/mol. The van der Waals surface area contributed by atoms with Crippen LogP contribution in [0.25, 0.3) is 6.08 Å². The van der Waals surface area contributed by atoms with Gasteiger partial charge in [0, 0.05) is 15.6 Å². The molecular weight excluding hydrogens is 511 g/mol. The molecule has 35 heavy (non-hydrogen) atoms. The minimum Gasteiger partial charge on any atom is -0.487 e. The van der Waals surface area contributed by atoms with E-state index >= 15 is 0 Å². The number of hydrogen-bond donors (Lipinski definition) is 1. The van der Waals surface area contributed by atoms with Gasteiger partial charge in [0.25, 0.3) is 11.8 Å². The molecule has 6 nitrogen and oxygen atoms in total. The van der Waals surface area contributed by atoms with Gasteiger partial charge in [0.15, 0.2) is 0 Å². The van der Waals surface area contributed by atoms with Crippen LogP contribution in [0.4, 0.5) is 10.5 Å². The lowest BCUT2D eigenvalue weighted by atomic mass is 10.0. The van der Waals surface area contributed by atoms with Gasteiger partial charge in [-0.2, -0.15) is 0 Å². The highest BCUT2D eigenvalue weighted by Crippen LogP contribution is 2.35. The molecule has 1 N–H and O–H groups in total. The summed E-state index contributed by atoms with van der Waals surface area (Å²) in [6.45, 7) is 3.90. The topological polar surface area (TPSA) is 75.7 Å². The largest absolute Gasteiger partial charge is 0.487 e. The molecule has 9 heteroatoms. The van der Waals surface area contributed by atoms with E-state index < -0.39 is 17.8 Å². The van der Waals surface area contributed by atoms with E-state index in [9.17, 15) is 14.4 Å². The van der Waals surface area contributed by atoms with Crippen LogP contribution in [0.3, 0.4) is 0 Å². The fraction of sp³-hybridized carbons (Fsp3) is 0.115. The third kappa shape index (κ3) is 5.35. The second kappa shape index (κ2) is 10.1.